The van der Waals surface area contributed by atoms with E-state index in [4.69, 9.17) is 0 Å². The number of carbonyl (C=O) groups excluding carboxylic acids is 1. The van der Waals surface area contributed by atoms with Gasteiger partial charge in [-0.2, -0.15) is 0 Å². The maximum Gasteiger partial charge on any atom is 0.220 e. The number of aliphatic hydroxyl groups is 2. The molecule has 4 nitrogen and oxygen atoms in total. The van der Waals surface area contributed by atoms with Crippen LogP contribution in [0.1, 0.15) is 399 Å². The van der Waals surface area contributed by atoms with Gasteiger partial charge in [-0.05, 0) is 32.1 Å². The van der Waals surface area contributed by atoms with Crippen molar-refractivity contribution in [3.8, 4) is 0 Å². The van der Waals surface area contributed by atoms with Crippen LogP contribution < -0.4 is 5.32 Å². The smallest absolute Gasteiger partial charge is 0.220 e. The lowest BCUT2D eigenvalue weighted by Gasteiger charge is -2.19. The minimum Gasteiger partial charge on any atom is -0.394 e. The number of unbranched alkanes of at least 4 members (excludes halogenated alkanes) is 56. The minimum atomic E-state index is -0.861. The standard InChI is InChI=1S/C70H137NO3/c1-3-5-7-9-11-13-15-17-19-21-23-25-27-29-31-32-33-34-35-36-37-38-39-40-42-44-46-48-50-52-54-56-58-60-62-64-66-70(74)71-68(67-72)69(73)65-63-61-59-57-55-53-51-49-47-45-43-41-30-28-26-24-22-20-18-16-14-12-10-8-6-4-2/h55,57,63,65,68-69,72-73H,3-54,56,58-62,64,66-67H2,1-2H3,(H,71,74)/b57-55+,65-63+. The number of hydrogen-bond acceptors (Lipinski definition) is 3. The van der Waals surface area contributed by atoms with Crippen molar-refractivity contribution < 1.29 is 15.0 Å². The first kappa shape index (κ1) is 72.9. The van der Waals surface area contributed by atoms with Gasteiger partial charge in [0.25, 0.3) is 0 Å². The normalized spacial score (nSPS) is 12.8. The number of carbonyl (C=O) groups is 1. The summed E-state index contributed by atoms with van der Waals surface area (Å²) in [6.45, 7) is 4.35. The van der Waals surface area contributed by atoms with Crippen molar-refractivity contribution in [3.05, 3.63) is 24.3 Å². The molecule has 0 aliphatic rings. The van der Waals surface area contributed by atoms with Gasteiger partial charge in [0.15, 0.2) is 0 Å². The van der Waals surface area contributed by atoms with Crippen molar-refractivity contribution in [3.63, 3.8) is 0 Å². The Labute approximate surface area is 466 Å². The summed E-state index contributed by atoms with van der Waals surface area (Å²) in [4.78, 5) is 12.5. The number of hydrogen-bond donors (Lipinski definition) is 3. The summed E-state index contributed by atoms with van der Waals surface area (Å²) in [6, 6.07) is -0.638. The zero-order valence-electron chi connectivity index (χ0n) is 50.9. The Kier molecular flexibility index (Phi) is 65.1. The van der Waals surface area contributed by atoms with Crippen molar-refractivity contribution in [1.82, 2.24) is 5.32 Å². The summed E-state index contributed by atoms with van der Waals surface area (Å²) < 4.78 is 0. The van der Waals surface area contributed by atoms with Gasteiger partial charge in [0.2, 0.25) is 5.91 Å². The van der Waals surface area contributed by atoms with E-state index in [1.165, 1.54) is 347 Å². The molecule has 74 heavy (non-hydrogen) atoms. The van der Waals surface area contributed by atoms with E-state index in [-0.39, 0.29) is 12.5 Å². The van der Waals surface area contributed by atoms with Crippen molar-refractivity contribution in [2.45, 2.75) is 411 Å². The van der Waals surface area contributed by atoms with Crippen molar-refractivity contribution in [2.24, 2.45) is 0 Å². The minimum absolute atomic E-state index is 0.0642. The van der Waals surface area contributed by atoms with Gasteiger partial charge in [-0.15, -0.1) is 0 Å². The van der Waals surface area contributed by atoms with Crippen LogP contribution in [0.3, 0.4) is 0 Å². The van der Waals surface area contributed by atoms with Gasteiger partial charge in [0.05, 0.1) is 18.8 Å². The van der Waals surface area contributed by atoms with Crippen LogP contribution in [-0.2, 0) is 4.79 Å². The molecule has 0 aliphatic heterocycles. The molecule has 0 aromatic carbocycles. The third kappa shape index (κ3) is 61.7. The fourth-order valence-corrected chi connectivity index (χ4v) is 11.2. The SMILES string of the molecule is CCCCCCCCCCCCCCCCCCCCCC/C=C/CC/C=C/C(O)C(CO)NC(=O)CCCCCCCCCCCCCCCCCCCCCCCCCCCCCCCCCCCCCC. The zero-order chi connectivity index (χ0) is 53.4. The monoisotopic (exact) mass is 1040 g/mol. The van der Waals surface area contributed by atoms with E-state index in [2.05, 4.69) is 31.3 Å². The number of amides is 1. The molecule has 0 rings (SSSR count). The van der Waals surface area contributed by atoms with Gasteiger partial charge in [0.1, 0.15) is 0 Å². The average molecular weight is 1040 g/mol. The highest BCUT2D eigenvalue weighted by Gasteiger charge is 2.18. The predicted molar refractivity (Wildman–Crippen MR) is 332 cm³/mol. The molecule has 0 bridgehead atoms. The van der Waals surface area contributed by atoms with Crippen LogP contribution in [0.5, 0.6) is 0 Å². The van der Waals surface area contributed by atoms with E-state index in [0.29, 0.717) is 6.42 Å². The van der Waals surface area contributed by atoms with Gasteiger partial charge < -0.3 is 15.5 Å². The van der Waals surface area contributed by atoms with Crippen LogP contribution in [0.15, 0.2) is 24.3 Å². The Hall–Kier alpha value is -1.13. The summed E-state index contributed by atoms with van der Waals surface area (Å²) in [7, 11) is 0. The van der Waals surface area contributed by atoms with E-state index in [0.717, 1.165) is 32.1 Å². The fourth-order valence-electron chi connectivity index (χ4n) is 11.2. The molecule has 0 spiro atoms. The average Bonchev–Trinajstić information content (AvgIpc) is 3.40. The Morgan fingerprint density at radius 1 is 0.311 bits per heavy atom. The van der Waals surface area contributed by atoms with Crippen LogP contribution in [0.4, 0.5) is 0 Å². The van der Waals surface area contributed by atoms with E-state index in [1.807, 2.05) is 6.08 Å². The Morgan fingerprint density at radius 2 is 0.527 bits per heavy atom. The van der Waals surface area contributed by atoms with E-state index < -0.39 is 12.1 Å². The van der Waals surface area contributed by atoms with Crippen molar-refractivity contribution >= 4 is 5.91 Å². The molecule has 0 fully saturated rings. The molecule has 0 heterocycles. The Bertz CT molecular complexity index is 1090. The van der Waals surface area contributed by atoms with Crippen LogP contribution >= 0.6 is 0 Å². The highest BCUT2D eigenvalue weighted by molar-refractivity contribution is 5.76. The molecule has 440 valence electrons. The molecule has 2 atom stereocenters. The molecule has 0 aromatic heterocycles. The third-order valence-corrected chi connectivity index (χ3v) is 16.4. The number of aliphatic hydroxyl groups excluding tert-OH is 2. The van der Waals surface area contributed by atoms with Gasteiger partial charge >= 0.3 is 0 Å². The summed E-state index contributed by atoms with van der Waals surface area (Å²) in [5.41, 5.74) is 0. The second-order valence-corrected chi connectivity index (χ2v) is 24.0. The molecule has 0 radical (unpaired) electrons. The topological polar surface area (TPSA) is 69.6 Å². The Morgan fingerprint density at radius 3 is 0.784 bits per heavy atom. The van der Waals surface area contributed by atoms with Crippen LogP contribution in [0.25, 0.3) is 0 Å². The first-order valence-electron chi connectivity index (χ1n) is 34.6. The summed E-state index contributed by atoms with van der Waals surface area (Å²) >= 11 is 0. The molecular weight excluding hydrogens is 903 g/mol. The summed E-state index contributed by atoms with van der Waals surface area (Å²) in [5.74, 6) is -0.0642. The molecular formula is C70H137NO3. The molecule has 1 amide bonds. The second kappa shape index (κ2) is 66.2. The molecule has 0 aromatic rings. The first-order chi connectivity index (χ1) is 36.7. The van der Waals surface area contributed by atoms with Gasteiger partial charge in [-0.25, -0.2) is 0 Å². The van der Waals surface area contributed by atoms with E-state index in [1.54, 1.807) is 6.08 Å². The van der Waals surface area contributed by atoms with E-state index in [9.17, 15) is 15.0 Å². The predicted octanol–water partition coefficient (Wildman–Crippen LogP) is 23.4. The summed E-state index contributed by atoms with van der Waals surface area (Å²) in [5, 5.41) is 23.3. The van der Waals surface area contributed by atoms with Crippen LogP contribution in [0, 0.1) is 0 Å². The lowest BCUT2D eigenvalue weighted by molar-refractivity contribution is -0.123. The molecule has 0 aliphatic carbocycles. The Balaban J connectivity index is 3.41. The zero-order valence-corrected chi connectivity index (χ0v) is 50.9. The number of allylic oxidation sites excluding steroid dienone is 3. The lowest BCUT2D eigenvalue weighted by atomic mass is 10.0. The highest BCUT2D eigenvalue weighted by atomic mass is 16.3. The largest absolute Gasteiger partial charge is 0.394 e. The van der Waals surface area contributed by atoms with Crippen LogP contribution in [0.2, 0.25) is 0 Å². The second-order valence-electron chi connectivity index (χ2n) is 24.0. The molecule has 2 unspecified atom stereocenters. The molecule has 0 saturated heterocycles. The highest BCUT2D eigenvalue weighted by Crippen LogP contribution is 2.19. The summed E-state index contributed by atoms with van der Waals surface area (Å²) in [6.07, 6.45) is 89.9. The van der Waals surface area contributed by atoms with Gasteiger partial charge in [-0.3, -0.25) is 4.79 Å². The third-order valence-electron chi connectivity index (χ3n) is 16.4. The molecule has 0 saturated carbocycles. The maximum absolute atomic E-state index is 12.5. The van der Waals surface area contributed by atoms with Crippen molar-refractivity contribution in [2.75, 3.05) is 6.61 Å². The number of nitrogens with one attached hydrogen (secondary N) is 1. The van der Waals surface area contributed by atoms with Gasteiger partial charge in [0, 0.05) is 6.42 Å². The lowest BCUT2D eigenvalue weighted by Crippen LogP contribution is -2.45. The molecule has 3 N–H and O–H groups in total. The van der Waals surface area contributed by atoms with E-state index >= 15 is 0 Å². The van der Waals surface area contributed by atoms with Crippen LogP contribution in [-0.4, -0.2) is 34.9 Å². The van der Waals surface area contributed by atoms with Crippen molar-refractivity contribution in [1.29, 1.82) is 0 Å². The fraction of sp³-hybridized carbons (Fsp3) is 0.929. The maximum atomic E-state index is 12.5. The van der Waals surface area contributed by atoms with Gasteiger partial charge in [-0.1, -0.05) is 385 Å². The molecule has 4 heteroatoms. The number of rotatable bonds is 65. The quantitative estimate of drug-likeness (QED) is 0.0420. The first-order valence-corrected chi connectivity index (χ1v) is 34.6.